The first kappa shape index (κ1) is 30.4. The highest BCUT2D eigenvalue weighted by Crippen LogP contribution is 2.45. The summed E-state index contributed by atoms with van der Waals surface area (Å²) in [6, 6.07) is 31.3. The third kappa shape index (κ3) is 5.35. The van der Waals surface area contributed by atoms with Crippen molar-refractivity contribution in [2.24, 2.45) is 5.41 Å². The number of benzene rings is 4. The Labute approximate surface area is 277 Å². The summed E-state index contributed by atoms with van der Waals surface area (Å²) in [4.78, 5) is 6.28. The molecule has 4 aromatic carbocycles. The first-order valence-corrected chi connectivity index (χ1v) is 17.4. The van der Waals surface area contributed by atoms with Crippen LogP contribution in [0.1, 0.15) is 82.6 Å². The topological polar surface area (TPSA) is 26.0 Å². The Balaban J connectivity index is 1.36. The van der Waals surface area contributed by atoms with Gasteiger partial charge in [0, 0.05) is 27.4 Å². The van der Waals surface area contributed by atoms with Crippen LogP contribution >= 0.6 is 11.3 Å². The third-order valence-corrected chi connectivity index (χ3v) is 10.6. The molecule has 232 valence electrons. The van der Waals surface area contributed by atoms with Gasteiger partial charge in [-0.25, -0.2) is 0 Å². The number of thiophene rings is 1. The molecule has 0 spiro atoms. The summed E-state index contributed by atoms with van der Waals surface area (Å²) in [5.41, 5.74) is 13.4. The molecular formula is C43H43NOS. The molecule has 46 heavy (non-hydrogen) atoms. The normalized spacial score (nSPS) is 12.4. The van der Waals surface area contributed by atoms with Crippen LogP contribution in [0.2, 0.25) is 0 Å². The number of nitrogens with zero attached hydrogens (tertiary/aromatic N) is 1. The van der Waals surface area contributed by atoms with Gasteiger partial charge in [-0.2, -0.15) is 0 Å². The maximum Gasteiger partial charge on any atom is 0.144 e. The minimum Gasteiger partial charge on any atom is -0.455 e. The standard InChI is InChI=1S/C43H43NOS/c1-25(2)31-11-9-12-32(26(3)4)38(31)30-19-20-34-35-13-10-14-36(40(35)45-37(34)23-30)39-42-33(21-22-44-39)27(5)41(46-42)29-17-15-28(16-18-29)24-43(6,7)8/h9-23,25-26H,24H2,1-8H3. The fourth-order valence-electron chi connectivity index (χ4n) is 7.03. The monoisotopic (exact) mass is 621 g/mol. The van der Waals surface area contributed by atoms with E-state index in [4.69, 9.17) is 9.40 Å². The van der Waals surface area contributed by atoms with Crippen LogP contribution in [0.5, 0.6) is 0 Å². The van der Waals surface area contributed by atoms with Crippen LogP contribution in [0.4, 0.5) is 0 Å². The number of para-hydroxylation sites is 1. The van der Waals surface area contributed by atoms with Gasteiger partial charge in [-0.1, -0.05) is 109 Å². The number of fused-ring (bicyclic) bond motifs is 4. The molecule has 0 unspecified atom stereocenters. The smallest absolute Gasteiger partial charge is 0.144 e. The van der Waals surface area contributed by atoms with E-state index >= 15 is 0 Å². The lowest BCUT2D eigenvalue weighted by Gasteiger charge is -2.20. The van der Waals surface area contributed by atoms with Crippen LogP contribution in [0.15, 0.2) is 95.5 Å². The first-order chi connectivity index (χ1) is 22.0. The number of hydrogen-bond donors (Lipinski definition) is 0. The highest BCUT2D eigenvalue weighted by molar-refractivity contribution is 7.23. The Hall–Kier alpha value is -4.21. The van der Waals surface area contributed by atoms with E-state index in [9.17, 15) is 0 Å². The summed E-state index contributed by atoms with van der Waals surface area (Å²) in [5, 5.41) is 3.52. The Bertz CT molecular complexity index is 2190. The first-order valence-electron chi connectivity index (χ1n) is 16.6. The second kappa shape index (κ2) is 11.5. The van der Waals surface area contributed by atoms with E-state index in [-0.39, 0.29) is 5.41 Å². The molecule has 3 heterocycles. The van der Waals surface area contributed by atoms with Crippen molar-refractivity contribution < 1.29 is 4.42 Å². The van der Waals surface area contributed by atoms with Gasteiger partial charge in [0.15, 0.2) is 0 Å². The summed E-state index contributed by atoms with van der Waals surface area (Å²) in [6.45, 7) is 18.2. The molecule has 0 N–H and O–H groups in total. The van der Waals surface area contributed by atoms with Crippen molar-refractivity contribution in [3.05, 3.63) is 113 Å². The van der Waals surface area contributed by atoms with Crippen molar-refractivity contribution in [3.8, 4) is 32.8 Å². The highest BCUT2D eigenvalue weighted by Gasteiger charge is 2.21. The maximum absolute atomic E-state index is 6.79. The number of furan rings is 1. The van der Waals surface area contributed by atoms with Gasteiger partial charge in [0.2, 0.25) is 0 Å². The number of aryl methyl sites for hydroxylation is 1. The Morgan fingerprint density at radius 3 is 2.09 bits per heavy atom. The van der Waals surface area contributed by atoms with Crippen molar-refractivity contribution >= 4 is 43.4 Å². The van der Waals surface area contributed by atoms with Gasteiger partial charge < -0.3 is 4.42 Å². The predicted octanol–water partition coefficient (Wildman–Crippen LogP) is 13.3. The van der Waals surface area contributed by atoms with Gasteiger partial charge in [0.1, 0.15) is 11.2 Å². The van der Waals surface area contributed by atoms with E-state index in [2.05, 4.69) is 140 Å². The molecule has 7 rings (SSSR count). The molecule has 3 aromatic heterocycles. The fraction of sp³-hybridized carbons (Fsp3) is 0.279. The van der Waals surface area contributed by atoms with E-state index in [1.807, 2.05) is 17.5 Å². The molecule has 2 nitrogen and oxygen atoms in total. The Morgan fingerprint density at radius 1 is 0.739 bits per heavy atom. The second-order valence-electron chi connectivity index (χ2n) is 14.6. The van der Waals surface area contributed by atoms with Crippen molar-refractivity contribution in [2.45, 2.75) is 73.6 Å². The maximum atomic E-state index is 6.79. The number of hydrogen-bond acceptors (Lipinski definition) is 3. The molecular weight excluding hydrogens is 579 g/mol. The van der Waals surface area contributed by atoms with Crippen molar-refractivity contribution in [3.63, 3.8) is 0 Å². The molecule has 0 aliphatic carbocycles. The molecule has 0 atom stereocenters. The zero-order valence-corrected chi connectivity index (χ0v) is 29.1. The van der Waals surface area contributed by atoms with E-state index in [0.29, 0.717) is 11.8 Å². The number of pyridine rings is 1. The molecule has 0 amide bonds. The van der Waals surface area contributed by atoms with Crippen LogP contribution < -0.4 is 0 Å². The van der Waals surface area contributed by atoms with Gasteiger partial charge in [0.05, 0.1) is 10.4 Å². The van der Waals surface area contributed by atoms with Crippen molar-refractivity contribution in [1.82, 2.24) is 4.98 Å². The average molecular weight is 622 g/mol. The fourth-order valence-corrected chi connectivity index (χ4v) is 8.34. The van der Waals surface area contributed by atoms with Crippen LogP contribution in [0.3, 0.4) is 0 Å². The van der Waals surface area contributed by atoms with Crippen LogP contribution in [-0.2, 0) is 6.42 Å². The molecule has 3 heteroatoms. The molecule has 7 aromatic rings. The summed E-state index contributed by atoms with van der Waals surface area (Å²) in [6.07, 6.45) is 3.02. The lowest BCUT2D eigenvalue weighted by Crippen LogP contribution is -2.08. The molecule has 0 bridgehead atoms. The van der Waals surface area contributed by atoms with Gasteiger partial charge >= 0.3 is 0 Å². The van der Waals surface area contributed by atoms with E-state index in [1.54, 1.807) is 0 Å². The Kier molecular flexibility index (Phi) is 7.64. The average Bonchev–Trinajstić information content (AvgIpc) is 3.57. The van der Waals surface area contributed by atoms with Gasteiger partial charge in [-0.05, 0) is 99.2 Å². The van der Waals surface area contributed by atoms with Crippen LogP contribution in [0, 0.1) is 12.3 Å². The number of rotatable bonds is 6. The summed E-state index contributed by atoms with van der Waals surface area (Å²) >= 11 is 1.84. The zero-order chi connectivity index (χ0) is 32.3. The summed E-state index contributed by atoms with van der Waals surface area (Å²) < 4.78 is 7.99. The lowest BCUT2D eigenvalue weighted by molar-refractivity contribution is 0.411. The van der Waals surface area contributed by atoms with Crippen molar-refractivity contribution in [1.29, 1.82) is 0 Å². The molecule has 0 aliphatic heterocycles. The summed E-state index contributed by atoms with van der Waals surface area (Å²) in [5.74, 6) is 0.859. The lowest BCUT2D eigenvalue weighted by atomic mass is 9.85. The van der Waals surface area contributed by atoms with E-state index < -0.39 is 0 Å². The van der Waals surface area contributed by atoms with Gasteiger partial charge in [0.25, 0.3) is 0 Å². The molecule has 0 saturated heterocycles. The summed E-state index contributed by atoms with van der Waals surface area (Å²) in [7, 11) is 0. The SMILES string of the molecule is Cc1c(-c2ccc(CC(C)(C)C)cc2)sc2c(-c3cccc4c3oc3cc(-c5c(C(C)C)cccc5C(C)C)ccc34)nccc12. The quantitative estimate of drug-likeness (QED) is 0.185. The van der Waals surface area contributed by atoms with E-state index in [0.717, 1.165) is 39.6 Å². The third-order valence-electron chi connectivity index (χ3n) is 9.22. The van der Waals surface area contributed by atoms with E-state index in [1.165, 1.54) is 53.9 Å². The largest absolute Gasteiger partial charge is 0.455 e. The predicted molar refractivity (Wildman–Crippen MR) is 199 cm³/mol. The Morgan fingerprint density at radius 2 is 1.41 bits per heavy atom. The minimum absolute atomic E-state index is 0.268. The van der Waals surface area contributed by atoms with Crippen LogP contribution in [-0.4, -0.2) is 4.98 Å². The highest BCUT2D eigenvalue weighted by atomic mass is 32.1. The second-order valence-corrected chi connectivity index (χ2v) is 15.7. The molecule has 0 aliphatic rings. The van der Waals surface area contributed by atoms with Gasteiger partial charge in [-0.3, -0.25) is 4.98 Å². The van der Waals surface area contributed by atoms with Crippen molar-refractivity contribution in [2.75, 3.05) is 0 Å². The molecule has 0 radical (unpaired) electrons. The van der Waals surface area contributed by atoms with Crippen LogP contribution in [0.25, 0.3) is 64.8 Å². The minimum atomic E-state index is 0.268. The number of aromatic nitrogens is 1. The molecule has 0 fully saturated rings. The zero-order valence-electron chi connectivity index (χ0n) is 28.3. The molecule has 0 saturated carbocycles. The van der Waals surface area contributed by atoms with Gasteiger partial charge in [-0.15, -0.1) is 11.3 Å².